The zero-order valence-corrected chi connectivity index (χ0v) is 16.5. The van der Waals surface area contributed by atoms with Gasteiger partial charge in [0.05, 0.1) is 13.2 Å². The lowest BCUT2D eigenvalue weighted by Crippen LogP contribution is -2.61. The molecular formula is C20H25N3O6. The van der Waals surface area contributed by atoms with Gasteiger partial charge < -0.3 is 18.9 Å². The molecule has 2 rings (SSSR count). The number of azide groups is 1. The van der Waals surface area contributed by atoms with E-state index < -0.39 is 42.5 Å². The first-order valence-electron chi connectivity index (χ1n) is 9.23. The van der Waals surface area contributed by atoms with Gasteiger partial charge in [-0.05, 0) is 17.5 Å². The molecule has 29 heavy (non-hydrogen) atoms. The van der Waals surface area contributed by atoms with Gasteiger partial charge in [0.2, 0.25) is 0 Å². The topological polar surface area (TPSA) is 120 Å². The van der Waals surface area contributed by atoms with Gasteiger partial charge in [0.1, 0.15) is 18.3 Å². The van der Waals surface area contributed by atoms with E-state index in [9.17, 15) is 9.59 Å². The molecule has 0 amide bonds. The van der Waals surface area contributed by atoms with Crippen molar-refractivity contribution < 1.29 is 28.5 Å². The number of benzene rings is 1. The van der Waals surface area contributed by atoms with E-state index in [4.69, 9.17) is 24.5 Å². The predicted molar refractivity (Wildman–Crippen MR) is 104 cm³/mol. The van der Waals surface area contributed by atoms with E-state index in [1.165, 1.54) is 13.8 Å². The van der Waals surface area contributed by atoms with Crippen LogP contribution in [-0.4, -0.2) is 49.0 Å². The van der Waals surface area contributed by atoms with Crippen molar-refractivity contribution in [2.24, 2.45) is 5.11 Å². The second kappa shape index (κ2) is 11.2. The second-order valence-corrected chi connectivity index (χ2v) is 6.56. The number of carbonyl (C=O) groups excluding carboxylic acids is 2. The van der Waals surface area contributed by atoms with Gasteiger partial charge in [0.25, 0.3) is 0 Å². The molecule has 0 aromatic heterocycles. The third kappa shape index (κ3) is 6.60. The minimum absolute atomic E-state index is 0.0694. The molecule has 0 saturated carbocycles. The monoisotopic (exact) mass is 403 g/mol. The van der Waals surface area contributed by atoms with Crippen LogP contribution in [0.2, 0.25) is 0 Å². The van der Waals surface area contributed by atoms with Gasteiger partial charge in [-0.15, -0.1) is 6.58 Å². The van der Waals surface area contributed by atoms with Gasteiger partial charge in [0, 0.05) is 18.8 Å². The Hall–Kier alpha value is -2.87. The number of carbonyl (C=O) groups is 2. The van der Waals surface area contributed by atoms with E-state index in [0.717, 1.165) is 5.56 Å². The van der Waals surface area contributed by atoms with E-state index >= 15 is 0 Å². The fourth-order valence-corrected chi connectivity index (χ4v) is 3.23. The van der Waals surface area contributed by atoms with E-state index in [1.807, 2.05) is 30.3 Å². The highest BCUT2D eigenvalue weighted by Gasteiger charge is 2.49. The first kappa shape index (κ1) is 22.4. The summed E-state index contributed by atoms with van der Waals surface area (Å²) in [5, 5.41) is 3.56. The van der Waals surface area contributed by atoms with Gasteiger partial charge in [-0.25, -0.2) is 0 Å². The molecule has 1 fully saturated rings. The number of ether oxygens (including phenoxy) is 4. The van der Waals surface area contributed by atoms with Crippen LogP contribution >= 0.6 is 0 Å². The van der Waals surface area contributed by atoms with Crippen molar-refractivity contribution in [1.82, 2.24) is 0 Å². The second-order valence-electron chi connectivity index (χ2n) is 6.56. The van der Waals surface area contributed by atoms with Crippen molar-refractivity contribution in [3.05, 3.63) is 59.0 Å². The number of nitrogens with zero attached hydrogens (tertiary/aromatic N) is 3. The molecular weight excluding hydrogens is 378 g/mol. The largest absolute Gasteiger partial charge is 0.457 e. The van der Waals surface area contributed by atoms with Crippen molar-refractivity contribution in [2.45, 2.75) is 57.4 Å². The van der Waals surface area contributed by atoms with Crippen molar-refractivity contribution in [3.63, 3.8) is 0 Å². The molecule has 1 heterocycles. The Morgan fingerprint density at radius 2 is 1.76 bits per heavy atom. The summed E-state index contributed by atoms with van der Waals surface area (Å²) in [6.07, 6.45) is -1.93. The zero-order valence-electron chi connectivity index (χ0n) is 16.5. The maximum absolute atomic E-state index is 11.7. The van der Waals surface area contributed by atoms with Crippen LogP contribution in [0.4, 0.5) is 0 Å². The molecule has 0 spiro atoms. The van der Waals surface area contributed by atoms with Crippen LogP contribution in [0.5, 0.6) is 0 Å². The highest BCUT2D eigenvalue weighted by atomic mass is 16.6. The molecule has 1 aromatic rings. The Labute approximate surface area is 169 Å². The lowest BCUT2D eigenvalue weighted by molar-refractivity contribution is -0.249. The molecule has 1 aliphatic heterocycles. The Morgan fingerprint density at radius 3 is 2.31 bits per heavy atom. The molecule has 0 unspecified atom stereocenters. The number of esters is 2. The highest BCUT2D eigenvalue weighted by Crippen LogP contribution is 2.31. The maximum atomic E-state index is 11.7. The van der Waals surface area contributed by atoms with Crippen LogP contribution < -0.4 is 0 Å². The van der Waals surface area contributed by atoms with E-state index in [2.05, 4.69) is 16.6 Å². The molecule has 9 nitrogen and oxygen atoms in total. The standard InChI is InChI=1S/C20H25N3O6/c1-4-8-16-18(27-13(2)24)20(26-12-15-9-6-5-7-10-15)19(28-14(3)25)17(29-16)11-22-23-21/h4-7,9-10,16-20H,1,8,11-12H2,2-3H3/t16-,17+,18-,19+,20+/m0/s1. The van der Waals surface area contributed by atoms with Gasteiger partial charge in [-0.2, -0.15) is 0 Å². The summed E-state index contributed by atoms with van der Waals surface area (Å²) in [5.74, 6) is -1.07. The molecule has 1 aromatic carbocycles. The third-order valence-electron chi connectivity index (χ3n) is 4.34. The quantitative estimate of drug-likeness (QED) is 0.205. The van der Waals surface area contributed by atoms with Crippen LogP contribution in [0.3, 0.4) is 0 Å². The summed E-state index contributed by atoms with van der Waals surface area (Å²) in [6, 6.07) is 9.41. The van der Waals surface area contributed by atoms with Gasteiger partial charge in [-0.3, -0.25) is 9.59 Å². The Balaban J connectivity index is 2.36. The Morgan fingerprint density at radius 1 is 1.14 bits per heavy atom. The minimum atomic E-state index is -0.924. The highest BCUT2D eigenvalue weighted by molar-refractivity contribution is 5.67. The van der Waals surface area contributed by atoms with Crippen LogP contribution in [0, 0.1) is 0 Å². The van der Waals surface area contributed by atoms with E-state index in [-0.39, 0.29) is 13.2 Å². The molecule has 0 bridgehead atoms. The Bertz CT molecular complexity index is 750. The summed E-state index contributed by atoms with van der Waals surface area (Å²) in [4.78, 5) is 26.2. The first-order chi connectivity index (χ1) is 14.0. The summed E-state index contributed by atoms with van der Waals surface area (Å²) in [7, 11) is 0. The van der Waals surface area contributed by atoms with Gasteiger partial charge in [0.15, 0.2) is 12.2 Å². The summed E-state index contributed by atoms with van der Waals surface area (Å²) in [6.45, 7) is 6.39. The Kier molecular flexibility index (Phi) is 8.67. The lowest BCUT2D eigenvalue weighted by Gasteiger charge is -2.45. The molecule has 5 atom stereocenters. The lowest BCUT2D eigenvalue weighted by atomic mass is 9.92. The molecule has 0 aliphatic carbocycles. The summed E-state index contributed by atoms with van der Waals surface area (Å²) in [5.41, 5.74) is 9.60. The minimum Gasteiger partial charge on any atom is -0.457 e. The predicted octanol–water partition coefficient (Wildman–Crippen LogP) is 3.09. The summed E-state index contributed by atoms with van der Waals surface area (Å²) >= 11 is 0. The zero-order chi connectivity index (χ0) is 21.2. The van der Waals surface area contributed by atoms with Crippen LogP contribution in [-0.2, 0) is 35.1 Å². The molecule has 1 aliphatic rings. The fourth-order valence-electron chi connectivity index (χ4n) is 3.23. The maximum Gasteiger partial charge on any atom is 0.303 e. The van der Waals surface area contributed by atoms with Gasteiger partial charge in [-0.1, -0.05) is 41.5 Å². The average Bonchev–Trinajstić information content (AvgIpc) is 2.68. The van der Waals surface area contributed by atoms with E-state index in [0.29, 0.717) is 6.42 Å². The van der Waals surface area contributed by atoms with Crippen molar-refractivity contribution in [2.75, 3.05) is 6.54 Å². The van der Waals surface area contributed by atoms with Crippen molar-refractivity contribution >= 4 is 11.9 Å². The first-order valence-corrected chi connectivity index (χ1v) is 9.23. The SMILES string of the molecule is C=CC[C@@H]1O[C@H](CN=[N+]=[N-])[C@@H](OC(C)=O)[C@H](OCc2ccccc2)[C@H]1OC(C)=O. The third-order valence-corrected chi connectivity index (χ3v) is 4.34. The molecule has 0 N–H and O–H groups in total. The molecule has 156 valence electrons. The van der Waals surface area contributed by atoms with Gasteiger partial charge >= 0.3 is 11.9 Å². The van der Waals surface area contributed by atoms with Crippen molar-refractivity contribution in [3.8, 4) is 0 Å². The van der Waals surface area contributed by atoms with Crippen molar-refractivity contribution in [1.29, 1.82) is 0 Å². The van der Waals surface area contributed by atoms with Crippen LogP contribution in [0.25, 0.3) is 10.4 Å². The molecule has 9 heteroatoms. The fraction of sp³-hybridized carbons (Fsp3) is 0.500. The number of hydrogen-bond acceptors (Lipinski definition) is 7. The van der Waals surface area contributed by atoms with Crippen LogP contribution in [0.1, 0.15) is 25.8 Å². The number of hydrogen-bond donors (Lipinski definition) is 0. The van der Waals surface area contributed by atoms with Crippen LogP contribution in [0.15, 0.2) is 48.1 Å². The number of rotatable bonds is 9. The normalized spacial score (nSPS) is 26.1. The summed E-state index contributed by atoms with van der Waals surface area (Å²) < 4.78 is 23.0. The molecule has 1 saturated heterocycles. The molecule has 0 radical (unpaired) electrons. The van der Waals surface area contributed by atoms with E-state index in [1.54, 1.807) is 6.08 Å². The average molecular weight is 403 g/mol. The smallest absolute Gasteiger partial charge is 0.303 e.